The van der Waals surface area contributed by atoms with E-state index in [-0.39, 0.29) is 24.0 Å². The molecule has 0 heterocycles. The summed E-state index contributed by atoms with van der Waals surface area (Å²) < 4.78 is 28.8. The van der Waals surface area contributed by atoms with E-state index in [1.54, 1.807) is 18.2 Å². The second-order valence-electron chi connectivity index (χ2n) is 7.32. The van der Waals surface area contributed by atoms with E-state index in [1.165, 1.54) is 24.3 Å². The smallest absolute Gasteiger partial charge is 0.243 e. The average molecular weight is 591 g/mol. The van der Waals surface area contributed by atoms with Crippen molar-refractivity contribution in [3.63, 3.8) is 0 Å². The van der Waals surface area contributed by atoms with Crippen molar-refractivity contribution in [1.82, 2.24) is 9.62 Å². The van der Waals surface area contributed by atoms with Gasteiger partial charge in [-0.15, -0.1) is 0 Å². The zero-order valence-corrected chi connectivity index (χ0v) is 22.1. The lowest BCUT2D eigenvalue weighted by atomic mass is 10.1. The molecule has 0 bridgehead atoms. The van der Waals surface area contributed by atoms with Crippen LogP contribution < -0.4 is 5.32 Å². The molecule has 174 valence electrons. The van der Waals surface area contributed by atoms with E-state index < -0.39 is 15.9 Å². The number of hydrogen-bond acceptors (Lipinski definition) is 3. The third-order valence-corrected chi connectivity index (χ3v) is 8.19. The van der Waals surface area contributed by atoms with Crippen LogP contribution in [0.5, 0.6) is 0 Å². The number of benzene rings is 3. The summed E-state index contributed by atoms with van der Waals surface area (Å²) in [5, 5.41) is 3.92. The van der Waals surface area contributed by atoms with Gasteiger partial charge in [-0.2, -0.15) is 4.31 Å². The molecule has 0 aliphatic carbocycles. The molecule has 0 spiro atoms. The molecule has 3 aromatic rings. The average Bonchev–Trinajstić information content (AvgIpc) is 2.76. The number of nitrogens with one attached hydrogen (secondary N) is 1. The van der Waals surface area contributed by atoms with E-state index in [9.17, 15) is 13.2 Å². The van der Waals surface area contributed by atoms with Gasteiger partial charge in [0.05, 0.1) is 27.5 Å². The van der Waals surface area contributed by atoms with Gasteiger partial charge >= 0.3 is 0 Å². The molecule has 1 amide bonds. The minimum atomic E-state index is -4.01. The fourth-order valence-corrected chi connectivity index (χ4v) is 5.20. The van der Waals surface area contributed by atoms with Crippen LogP contribution in [0.3, 0.4) is 0 Å². The van der Waals surface area contributed by atoms with Gasteiger partial charge in [0.15, 0.2) is 0 Å². The predicted molar refractivity (Wildman–Crippen MR) is 136 cm³/mol. The zero-order valence-electron chi connectivity index (χ0n) is 17.4. The predicted octanol–water partition coefficient (Wildman–Crippen LogP) is 6.48. The van der Waals surface area contributed by atoms with Crippen LogP contribution >= 0.6 is 50.7 Å². The molecule has 5 nitrogen and oxygen atoms in total. The summed E-state index contributed by atoms with van der Waals surface area (Å²) in [4.78, 5) is 12.9. The Morgan fingerprint density at radius 3 is 2.21 bits per heavy atom. The fraction of sp³-hybridized carbons (Fsp3) is 0.174. The fourth-order valence-electron chi connectivity index (χ4n) is 3.11. The number of halogens is 4. The van der Waals surface area contributed by atoms with E-state index in [1.807, 2.05) is 31.2 Å². The molecule has 0 aromatic heterocycles. The monoisotopic (exact) mass is 588 g/mol. The number of hydrogen-bond donors (Lipinski definition) is 1. The topological polar surface area (TPSA) is 66.5 Å². The normalized spacial score (nSPS) is 12.5. The molecule has 1 N–H and O–H groups in total. The van der Waals surface area contributed by atoms with Crippen molar-refractivity contribution in [3.8, 4) is 0 Å². The highest BCUT2D eigenvalue weighted by atomic mass is 79.9. The van der Waals surface area contributed by atoms with E-state index in [0.717, 1.165) is 14.3 Å². The van der Waals surface area contributed by atoms with Gasteiger partial charge in [0.25, 0.3) is 0 Å². The Balaban J connectivity index is 1.85. The maximum atomic E-state index is 13.4. The zero-order chi connectivity index (χ0) is 24.2. The van der Waals surface area contributed by atoms with Crippen LogP contribution in [-0.2, 0) is 21.4 Å². The molecule has 0 saturated carbocycles. The summed E-state index contributed by atoms with van der Waals surface area (Å²) in [7, 11) is -4.01. The van der Waals surface area contributed by atoms with Crippen molar-refractivity contribution in [2.24, 2.45) is 0 Å². The summed E-state index contributed by atoms with van der Waals surface area (Å²) in [6.07, 6.45) is 0. The molecule has 0 saturated heterocycles. The first-order valence-electron chi connectivity index (χ1n) is 9.81. The van der Waals surface area contributed by atoms with Crippen LogP contribution in [0.1, 0.15) is 24.1 Å². The lowest BCUT2D eigenvalue weighted by Gasteiger charge is -2.23. The maximum Gasteiger partial charge on any atom is 0.243 e. The van der Waals surface area contributed by atoms with Gasteiger partial charge < -0.3 is 5.32 Å². The van der Waals surface area contributed by atoms with E-state index in [0.29, 0.717) is 20.6 Å². The molecule has 33 heavy (non-hydrogen) atoms. The Hall–Kier alpha value is -1.61. The van der Waals surface area contributed by atoms with Crippen LogP contribution in [0, 0.1) is 0 Å². The van der Waals surface area contributed by atoms with Gasteiger partial charge in [0.2, 0.25) is 15.9 Å². The van der Waals surface area contributed by atoms with E-state index >= 15 is 0 Å². The summed E-state index contributed by atoms with van der Waals surface area (Å²) in [5.74, 6) is -0.442. The summed E-state index contributed by atoms with van der Waals surface area (Å²) >= 11 is 21.4. The number of rotatable bonds is 8. The first kappa shape index (κ1) is 26.0. The lowest BCUT2D eigenvalue weighted by molar-refractivity contribution is -0.122. The highest BCUT2D eigenvalue weighted by Gasteiger charge is 2.27. The Morgan fingerprint density at radius 2 is 1.61 bits per heavy atom. The van der Waals surface area contributed by atoms with Gasteiger partial charge in [0, 0.05) is 16.0 Å². The molecule has 3 rings (SSSR count). The molecule has 0 radical (unpaired) electrons. The molecule has 1 unspecified atom stereocenters. The van der Waals surface area contributed by atoms with Crippen LogP contribution in [0.4, 0.5) is 0 Å². The van der Waals surface area contributed by atoms with Gasteiger partial charge in [-0.3, -0.25) is 4.79 Å². The number of amides is 1. The molecule has 10 heteroatoms. The number of nitrogens with zero attached hydrogens (tertiary/aromatic N) is 1. The molecule has 0 fully saturated rings. The largest absolute Gasteiger partial charge is 0.348 e. The highest BCUT2D eigenvalue weighted by molar-refractivity contribution is 9.10. The highest BCUT2D eigenvalue weighted by Crippen LogP contribution is 2.26. The molecule has 1 atom stereocenters. The van der Waals surface area contributed by atoms with Crippen LogP contribution in [0.2, 0.25) is 15.1 Å². The standard InChI is InChI=1S/C23H20BrCl3N2O3S/c1-15(17-3-5-18(24)6-4-17)28-23(30)14-29(13-16-2-11-21(26)22(27)12-16)33(31,32)20-9-7-19(25)8-10-20/h2-12,15H,13-14H2,1H3,(H,28,30). The number of sulfonamides is 1. The molecule has 0 aliphatic rings. The first-order chi connectivity index (χ1) is 15.6. The van der Waals surface area contributed by atoms with Crippen molar-refractivity contribution in [2.75, 3.05) is 6.54 Å². The van der Waals surface area contributed by atoms with Crippen molar-refractivity contribution < 1.29 is 13.2 Å². The maximum absolute atomic E-state index is 13.4. The van der Waals surface area contributed by atoms with Gasteiger partial charge in [-0.25, -0.2) is 8.42 Å². The van der Waals surface area contributed by atoms with Crippen molar-refractivity contribution >= 4 is 66.7 Å². The van der Waals surface area contributed by atoms with Gasteiger partial charge in [0.1, 0.15) is 0 Å². The molecule has 3 aromatic carbocycles. The Labute approximate surface area is 216 Å². The Morgan fingerprint density at radius 1 is 0.970 bits per heavy atom. The minimum Gasteiger partial charge on any atom is -0.348 e. The van der Waals surface area contributed by atoms with Crippen LogP contribution in [0.15, 0.2) is 76.1 Å². The first-order valence-corrected chi connectivity index (χ1v) is 13.2. The van der Waals surface area contributed by atoms with E-state index in [2.05, 4.69) is 21.2 Å². The Bertz CT molecular complexity index is 1240. The Kier molecular flexibility index (Phi) is 8.83. The summed E-state index contributed by atoms with van der Waals surface area (Å²) in [6.45, 7) is 1.38. The van der Waals surface area contributed by atoms with Gasteiger partial charge in [-0.1, -0.05) is 68.9 Å². The quantitative estimate of drug-likeness (QED) is 0.327. The number of carbonyl (C=O) groups excluding carboxylic acids is 1. The SMILES string of the molecule is CC(NC(=O)CN(Cc1ccc(Cl)c(Cl)c1)S(=O)(=O)c1ccc(Cl)cc1)c1ccc(Br)cc1. The third-order valence-electron chi connectivity index (χ3n) is 4.86. The number of carbonyl (C=O) groups is 1. The second-order valence-corrected chi connectivity index (χ2v) is 11.4. The van der Waals surface area contributed by atoms with Crippen molar-refractivity contribution in [3.05, 3.63) is 97.4 Å². The molecule has 0 aliphatic heterocycles. The van der Waals surface area contributed by atoms with Crippen molar-refractivity contribution in [1.29, 1.82) is 0 Å². The molecular weight excluding hydrogens is 571 g/mol. The van der Waals surface area contributed by atoms with E-state index in [4.69, 9.17) is 34.8 Å². The minimum absolute atomic E-state index is 0.0284. The van der Waals surface area contributed by atoms with Crippen molar-refractivity contribution in [2.45, 2.75) is 24.4 Å². The van der Waals surface area contributed by atoms with Crippen LogP contribution in [-0.4, -0.2) is 25.2 Å². The molecular formula is C23H20BrCl3N2O3S. The third kappa shape index (κ3) is 6.94. The van der Waals surface area contributed by atoms with Gasteiger partial charge in [-0.05, 0) is 66.6 Å². The summed E-state index contributed by atoms with van der Waals surface area (Å²) in [6, 6.07) is 17.8. The lowest BCUT2D eigenvalue weighted by Crippen LogP contribution is -2.41. The van der Waals surface area contributed by atoms with Crippen LogP contribution in [0.25, 0.3) is 0 Å². The second kappa shape index (κ2) is 11.2. The summed E-state index contributed by atoms with van der Waals surface area (Å²) in [5.41, 5.74) is 1.49.